The van der Waals surface area contributed by atoms with Crippen LogP contribution in [0.3, 0.4) is 0 Å². The molecular weight excluding hydrogens is 226 g/mol. The van der Waals surface area contributed by atoms with Gasteiger partial charge in [-0.1, -0.05) is 17.7 Å². The lowest BCUT2D eigenvalue weighted by Gasteiger charge is -2.26. The predicted molar refractivity (Wildman–Crippen MR) is 72.8 cm³/mol. The number of nitrogens with one attached hydrogen (secondary N) is 1. The molecule has 0 spiro atoms. The maximum atomic E-state index is 10.9. The summed E-state index contributed by atoms with van der Waals surface area (Å²) in [5.41, 5.74) is 2.42. The second kappa shape index (κ2) is 5.89. The van der Waals surface area contributed by atoms with Crippen LogP contribution >= 0.6 is 0 Å². The van der Waals surface area contributed by atoms with Crippen LogP contribution in [0, 0.1) is 18.8 Å². The van der Waals surface area contributed by atoms with Crippen LogP contribution in [-0.4, -0.2) is 17.6 Å². The number of aryl methyl sites for hydroxylation is 1. The zero-order valence-electron chi connectivity index (χ0n) is 10.9. The lowest BCUT2D eigenvalue weighted by atomic mass is 9.82. The van der Waals surface area contributed by atoms with Crippen molar-refractivity contribution in [3.8, 4) is 0 Å². The fraction of sp³-hybridized carbons (Fsp3) is 0.533. The van der Waals surface area contributed by atoms with Gasteiger partial charge in [-0.25, -0.2) is 0 Å². The summed E-state index contributed by atoms with van der Waals surface area (Å²) in [4.78, 5) is 10.9. The van der Waals surface area contributed by atoms with Gasteiger partial charge in [0.1, 0.15) is 0 Å². The quantitative estimate of drug-likeness (QED) is 0.858. The van der Waals surface area contributed by atoms with Crippen molar-refractivity contribution in [2.24, 2.45) is 11.8 Å². The average Bonchev–Trinajstić information content (AvgIpc) is 2.38. The smallest absolute Gasteiger partial charge is 0.306 e. The lowest BCUT2D eigenvalue weighted by Crippen LogP contribution is -2.25. The molecule has 0 amide bonds. The first kappa shape index (κ1) is 12.9. The van der Waals surface area contributed by atoms with Gasteiger partial charge in [-0.15, -0.1) is 0 Å². The van der Waals surface area contributed by atoms with Crippen LogP contribution in [0.25, 0.3) is 0 Å². The molecule has 0 aromatic heterocycles. The number of aliphatic carboxylic acids is 1. The van der Waals surface area contributed by atoms with Gasteiger partial charge in [0.05, 0.1) is 5.92 Å². The second-order valence-electron chi connectivity index (χ2n) is 5.30. The zero-order valence-corrected chi connectivity index (χ0v) is 10.9. The first-order valence-electron chi connectivity index (χ1n) is 6.68. The standard InChI is InChI=1S/C15H21NO2/c1-11-2-8-14(9-3-11)16-10-12-4-6-13(7-5-12)15(17)18/h2-3,8-9,12-13,16H,4-7,10H2,1H3,(H,17,18). The number of benzene rings is 1. The third-order valence-electron chi connectivity index (χ3n) is 3.84. The Hall–Kier alpha value is -1.51. The highest BCUT2D eigenvalue weighted by Crippen LogP contribution is 2.29. The summed E-state index contributed by atoms with van der Waals surface area (Å²) in [6.07, 6.45) is 3.71. The Bertz CT molecular complexity index is 391. The van der Waals surface area contributed by atoms with Gasteiger partial charge in [0, 0.05) is 12.2 Å². The average molecular weight is 247 g/mol. The van der Waals surface area contributed by atoms with Crippen LogP contribution in [0.4, 0.5) is 5.69 Å². The maximum absolute atomic E-state index is 10.9. The van der Waals surface area contributed by atoms with Gasteiger partial charge in [-0.3, -0.25) is 4.79 Å². The Labute approximate surface area is 108 Å². The fourth-order valence-corrected chi connectivity index (χ4v) is 2.55. The highest BCUT2D eigenvalue weighted by Gasteiger charge is 2.25. The summed E-state index contributed by atoms with van der Waals surface area (Å²) < 4.78 is 0. The van der Waals surface area contributed by atoms with E-state index in [9.17, 15) is 4.79 Å². The normalized spacial score (nSPS) is 23.6. The number of carboxylic acid groups (broad SMARTS) is 1. The molecule has 3 nitrogen and oxygen atoms in total. The summed E-state index contributed by atoms with van der Waals surface area (Å²) in [5, 5.41) is 12.4. The molecule has 0 radical (unpaired) electrons. The number of rotatable bonds is 4. The third-order valence-corrected chi connectivity index (χ3v) is 3.84. The minimum Gasteiger partial charge on any atom is -0.481 e. The Balaban J connectivity index is 1.75. The minimum absolute atomic E-state index is 0.111. The molecule has 0 aliphatic heterocycles. The van der Waals surface area contributed by atoms with E-state index in [1.165, 1.54) is 5.56 Å². The van der Waals surface area contributed by atoms with Gasteiger partial charge in [0.2, 0.25) is 0 Å². The molecule has 1 aromatic carbocycles. The summed E-state index contributed by atoms with van der Waals surface area (Å²) in [7, 11) is 0. The highest BCUT2D eigenvalue weighted by molar-refractivity contribution is 5.70. The Morgan fingerprint density at radius 2 is 1.83 bits per heavy atom. The molecule has 0 atom stereocenters. The van der Waals surface area contributed by atoms with Gasteiger partial charge in [0.25, 0.3) is 0 Å². The summed E-state index contributed by atoms with van der Waals surface area (Å²) in [6, 6.07) is 8.39. The molecule has 1 aliphatic carbocycles. The van der Waals surface area contributed by atoms with Crippen molar-refractivity contribution in [2.75, 3.05) is 11.9 Å². The molecular formula is C15H21NO2. The largest absolute Gasteiger partial charge is 0.481 e. The van der Waals surface area contributed by atoms with Crippen molar-refractivity contribution in [3.63, 3.8) is 0 Å². The van der Waals surface area contributed by atoms with Gasteiger partial charge in [-0.05, 0) is 50.7 Å². The van der Waals surface area contributed by atoms with E-state index >= 15 is 0 Å². The molecule has 0 heterocycles. The molecule has 3 heteroatoms. The van der Waals surface area contributed by atoms with Crippen molar-refractivity contribution in [2.45, 2.75) is 32.6 Å². The van der Waals surface area contributed by atoms with Crippen LogP contribution in [0.2, 0.25) is 0 Å². The van der Waals surface area contributed by atoms with Crippen molar-refractivity contribution in [1.29, 1.82) is 0 Å². The summed E-state index contributed by atoms with van der Waals surface area (Å²) in [5.74, 6) is -0.123. The van der Waals surface area contributed by atoms with E-state index in [0.717, 1.165) is 37.9 Å². The number of anilines is 1. The zero-order chi connectivity index (χ0) is 13.0. The Morgan fingerprint density at radius 3 is 2.39 bits per heavy atom. The SMILES string of the molecule is Cc1ccc(NCC2CCC(C(=O)O)CC2)cc1. The topological polar surface area (TPSA) is 49.3 Å². The Morgan fingerprint density at radius 1 is 1.22 bits per heavy atom. The van der Waals surface area contributed by atoms with E-state index in [1.807, 2.05) is 0 Å². The number of hydrogen-bond donors (Lipinski definition) is 2. The van der Waals surface area contributed by atoms with Crippen LogP contribution in [0.1, 0.15) is 31.2 Å². The fourth-order valence-electron chi connectivity index (χ4n) is 2.55. The van der Waals surface area contributed by atoms with E-state index in [0.29, 0.717) is 5.92 Å². The molecule has 1 aromatic rings. The number of hydrogen-bond acceptors (Lipinski definition) is 2. The van der Waals surface area contributed by atoms with Crippen LogP contribution in [0.5, 0.6) is 0 Å². The molecule has 0 saturated heterocycles. The van der Waals surface area contributed by atoms with Crippen molar-refractivity contribution < 1.29 is 9.90 Å². The van der Waals surface area contributed by atoms with Crippen LogP contribution in [-0.2, 0) is 4.79 Å². The first-order valence-corrected chi connectivity index (χ1v) is 6.68. The van der Waals surface area contributed by atoms with Crippen molar-refractivity contribution in [3.05, 3.63) is 29.8 Å². The molecule has 1 aliphatic rings. The molecule has 2 N–H and O–H groups in total. The molecule has 98 valence electrons. The van der Waals surface area contributed by atoms with Gasteiger partial charge in [-0.2, -0.15) is 0 Å². The van der Waals surface area contributed by atoms with Crippen LogP contribution in [0.15, 0.2) is 24.3 Å². The predicted octanol–water partition coefficient (Wildman–Crippen LogP) is 3.30. The Kier molecular flexibility index (Phi) is 4.24. The first-order chi connectivity index (χ1) is 8.65. The molecule has 0 bridgehead atoms. The van der Waals surface area contributed by atoms with Crippen LogP contribution < -0.4 is 5.32 Å². The van der Waals surface area contributed by atoms with Crippen molar-refractivity contribution >= 4 is 11.7 Å². The molecule has 0 unspecified atom stereocenters. The number of carbonyl (C=O) groups is 1. The second-order valence-corrected chi connectivity index (χ2v) is 5.30. The molecule has 2 rings (SSSR count). The molecule has 1 fully saturated rings. The molecule has 1 saturated carbocycles. The summed E-state index contributed by atoms with van der Waals surface area (Å²) in [6.45, 7) is 3.03. The number of carboxylic acids is 1. The molecule has 18 heavy (non-hydrogen) atoms. The van der Waals surface area contributed by atoms with E-state index < -0.39 is 5.97 Å². The van der Waals surface area contributed by atoms with Gasteiger partial charge >= 0.3 is 5.97 Å². The highest BCUT2D eigenvalue weighted by atomic mass is 16.4. The lowest BCUT2D eigenvalue weighted by molar-refractivity contribution is -0.143. The third kappa shape index (κ3) is 3.49. The van der Waals surface area contributed by atoms with E-state index in [1.54, 1.807) is 0 Å². The van der Waals surface area contributed by atoms with E-state index in [-0.39, 0.29) is 5.92 Å². The monoisotopic (exact) mass is 247 g/mol. The minimum atomic E-state index is -0.625. The summed E-state index contributed by atoms with van der Waals surface area (Å²) >= 11 is 0. The van der Waals surface area contributed by atoms with Gasteiger partial charge in [0.15, 0.2) is 0 Å². The van der Waals surface area contributed by atoms with E-state index in [2.05, 4.69) is 36.5 Å². The van der Waals surface area contributed by atoms with Gasteiger partial charge < -0.3 is 10.4 Å². The maximum Gasteiger partial charge on any atom is 0.306 e. The van der Waals surface area contributed by atoms with Crippen molar-refractivity contribution in [1.82, 2.24) is 0 Å². The van der Waals surface area contributed by atoms with E-state index in [4.69, 9.17) is 5.11 Å².